The summed E-state index contributed by atoms with van der Waals surface area (Å²) < 4.78 is 5.51. The van der Waals surface area contributed by atoms with Gasteiger partial charge < -0.3 is 10.5 Å². The van der Waals surface area contributed by atoms with E-state index >= 15 is 0 Å². The molecule has 0 aromatic heterocycles. The molecule has 0 aliphatic rings. The molecule has 0 saturated heterocycles. The van der Waals surface area contributed by atoms with Crippen molar-refractivity contribution in [2.24, 2.45) is 5.73 Å². The Kier molecular flexibility index (Phi) is 4.91. The predicted octanol–water partition coefficient (Wildman–Crippen LogP) is 2.48. The Balaban J connectivity index is 2.04. The van der Waals surface area contributed by atoms with E-state index in [1.54, 1.807) is 6.07 Å². The fourth-order valence-corrected chi connectivity index (χ4v) is 1.75. The lowest BCUT2D eigenvalue weighted by Gasteiger charge is -2.07. The third-order valence-electron chi connectivity index (χ3n) is 2.78. The van der Waals surface area contributed by atoms with Crippen LogP contribution in [0.4, 0.5) is 5.69 Å². The second-order valence-corrected chi connectivity index (χ2v) is 4.21. The van der Waals surface area contributed by atoms with Gasteiger partial charge in [-0.2, -0.15) is 0 Å². The van der Waals surface area contributed by atoms with Gasteiger partial charge in [-0.3, -0.25) is 10.1 Å². The van der Waals surface area contributed by atoms with Gasteiger partial charge in [-0.25, -0.2) is 0 Å². The highest BCUT2D eigenvalue weighted by molar-refractivity contribution is 5.44. The van der Waals surface area contributed by atoms with Crippen LogP contribution in [-0.2, 0) is 6.54 Å². The van der Waals surface area contributed by atoms with Gasteiger partial charge in [-0.05, 0) is 18.2 Å². The van der Waals surface area contributed by atoms with Gasteiger partial charge >= 0.3 is 0 Å². The minimum atomic E-state index is -0.460. The topological polar surface area (TPSA) is 78.4 Å². The van der Waals surface area contributed by atoms with Crippen LogP contribution in [0.15, 0.2) is 48.5 Å². The molecule has 0 heterocycles. The van der Waals surface area contributed by atoms with Crippen molar-refractivity contribution in [2.75, 3.05) is 6.61 Å². The Morgan fingerprint density at radius 3 is 2.62 bits per heavy atom. The Morgan fingerprint density at radius 2 is 1.95 bits per heavy atom. The summed E-state index contributed by atoms with van der Waals surface area (Å²) in [5.41, 5.74) is 7.07. The number of ether oxygens (including phenoxy) is 1. The van der Waals surface area contributed by atoms with Crippen molar-refractivity contribution in [3.05, 3.63) is 69.8 Å². The Morgan fingerprint density at radius 1 is 1.19 bits per heavy atom. The molecule has 2 N–H and O–H groups in total. The maximum Gasteiger partial charge on any atom is 0.270 e. The lowest BCUT2D eigenvalue weighted by atomic mass is 10.2. The zero-order chi connectivity index (χ0) is 15.1. The number of rotatable bonds is 4. The molecule has 5 nitrogen and oxygen atoms in total. The monoisotopic (exact) mass is 282 g/mol. The zero-order valence-electron chi connectivity index (χ0n) is 11.3. The molecule has 0 aliphatic heterocycles. The molecule has 0 spiro atoms. The molecule has 0 aliphatic carbocycles. The number of nitro groups is 1. The molecule has 5 heteroatoms. The van der Waals surface area contributed by atoms with Crippen LogP contribution in [0.25, 0.3) is 0 Å². The Hall–Kier alpha value is -2.84. The number of nitrogens with zero attached hydrogens (tertiary/aromatic N) is 1. The standard InChI is InChI=1S/C16H14N2O3/c17-12-14-11-15(18(19)20)8-9-16(14)21-10-4-7-13-5-2-1-3-6-13/h1-3,5-6,8-9,11H,10,12,17H2. The normalized spacial score (nSPS) is 9.57. The number of benzene rings is 2. The lowest BCUT2D eigenvalue weighted by molar-refractivity contribution is -0.384. The van der Waals surface area contributed by atoms with Crippen LogP contribution in [0.3, 0.4) is 0 Å². The van der Waals surface area contributed by atoms with Gasteiger partial charge in [0.1, 0.15) is 12.4 Å². The summed E-state index contributed by atoms with van der Waals surface area (Å²) in [4.78, 5) is 10.2. The quantitative estimate of drug-likeness (QED) is 0.531. The van der Waals surface area contributed by atoms with Crippen LogP contribution in [0.5, 0.6) is 5.75 Å². The van der Waals surface area contributed by atoms with Gasteiger partial charge in [0.25, 0.3) is 5.69 Å². The van der Waals surface area contributed by atoms with Crippen molar-refractivity contribution in [3.8, 4) is 17.6 Å². The largest absolute Gasteiger partial charge is 0.481 e. The first-order valence-corrected chi connectivity index (χ1v) is 6.35. The molecule has 0 bridgehead atoms. The lowest BCUT2D eigenvalue weighted by Crippen LogP contribution is -2.03. The molecule has 2 aromatic rings. The van der Waals surface area contributed by atoms with E-state index in [9.17, 15) is 10.1 Å². The number of hydrogen-bond acceptors (Lipinski definition) is 4. The molecule has 2 aromatic carbocycles. The van der Waals surface area contributed by atoms with E-state index < -0.39 is 4.92 Å². The van der Waals surface area contributed by atoms with Crippen molar-refractivity contribution in [1.29, 1.82) is 0 Å². The van der Waals surface area contributed by atoms with Crippen molar-refractivity contribution in [1.82, 2.24) is 0 Å². The summed E-state index contributed by atoms with van der Waals surface area (Å²) >= 11 is 0. The van der Waals surface area contributed by atoms with Crippen LogP contribution in [0.2, 0.25) is 0 Å². The third-order valence-corrected chi connectivity index (χ3v) is 2.78. The molecular formula is C16H14N2O3. The summed E-state index contributed by atoms with van der Waals surface area (Å²) in [7, 11) is 0. The highest BCUT2D eigenvalue weighted by atomic mass is 16.6. The Labute approximate surface area is 122 Å². The van der Waals surface area contributed by atoms with E-state index in [0.29, 0.717) is 11.3 Å². The first-order valence-electron chi connectivity index (χ1n) is 6.35. The molecule has 0 fully saturated rings. The van der Waals surface area contributed by atoms with Gasteiger partial charge in [-0.1, -0.05) is 30.0 Å². The molecule has 0 saturated carbocycles. The van der Waals surface area contributed by atoms with E-state index in [2.05, 4.69) is 11.8 Å². The summed E-state index contributed by atoms with van der Waals surface area (Å²) in [6.07, 6.45) is 0. The van der Waals surface area contributed by atoms with E-state index in [1.807, 2.05) is 30.3 Å². The summed E-state index contributed by atoms with van der Waals surface area (Å²) in [6, 6.07) is 13.9. The number of hydrogen-bond donors (Lipinski definition) is 1. The number of non-ortho nitro benzene ring substituents is 1. The highest BCUT2D eigenvalue weighted by Gasteiger charge is 2.10. The molecular weight excluding hydrogens is 268 g/mol. The maximum absolute atomic E-state index is 10.7. The van der Waals surface area contributed by atoms with E-state index in [1.165, 1.54) is 12.1 Å². The molecule has 106 valence electrons. The molecule has 0 atom stereocenters. The second-order valence-electron chi connectivity index (χ2n) is 4.21. The number of nitro benzene ring substituents is 1. The van der Waals surface area contributed by atoms with Gasteiger partial charge in [0.15, 0.2) is 0 Å². The molecule has 0 radical (unpaired) electrons. The van der Waals surface area contributed by atoms with Crippen molar-refractivity contribution in [3.63, 3.8) is 0 Å². The Bertz CT molecular complexity index is 688. The van der Waals surface area contributed by atoms with Gasteiger partial charge in [0, 0.05) is 29.8 Å². The minimum absolute atomic E-state index is 0.00169. The second kappa shape index (κ2) is 7.08. The minimum Gasteiger partial charge on any atom is -0.481 e. The van der Waals surface area contributed by atoms with Crippen molar-refractivity contribution in [2.45, 2.75) is 6.54 Å². The maximum atomic E-state index is 10.7. The van der Waals surface area contributed by atoms with Gasteiger partial charge in [0.05, 0.1) is 4.92 Å². The van der Waals surface area contributed by atoms with E-state index in [-0.39, 0.29) is 18.8 Å². The van der Waals surface area contributed by atoms with E-state index in [4.69, 9.17) is 10.5 Å². The van der Waals surface area contributed by atoms with Crippen LogP contribution in [-0.4, -0.2) is 11.5 Å². The van der Waals surface area contributed by atoms with Gasteiger partial charge in [0.2, 0.25) is 0 Å². The average Bonchev–Trinajstić information content (AvgIpc) is 2.52. The molecule has 2 rings (SSSR count). The average molecular weight is 282 g/mol. The highest BCUT2D eigenvalue weighted by Crippen LogP contribution is 2.23. The van der Waals surface area contributed by atoms with Crippen LogP contribution < -0.4 is 10.5 Å². The van der Waals surface area contributed by atoms with E-state index in [0.717, 1.165) is 5.56 Å². The summed E-state index contributed by atoms with van der Waals surface area (Å²) in [5.74, 6) is 6.38. The number of nitrogens with two attached hydrogens (primary N) is 1. The zero-order valence-corrected chi connectivity index (χ0v) is 11.3. The van der Waals surface area contributed by atoms with Crippen molar-refractivity contribution >= 4 is 5.69 Å². The fourth-order valence-electron chi connectivity index (χ4n) is 1.75. The smallest absolute Gasteiger partial charge is 0.270 e. The SMILES string of the molecule is NCc1cc([N+](=O)[O-])ccc1OCC#Cc1ccccc1. The first kappa shape index (κ1) is 14.6. The predicted molar refractivity (Wildman–Crippen MR) is 79.8 cm³/mol. The summed E-state index contributed by atoms with van der Waals surface area (Å²) in [5, 5.41) is 10.7. The molecule has 21 heavy (non-hydrogen) atoms. The van der Waals surface area contributed by atoms with Crippen LogP contribution in [0, 0.1) is 22.0 Å². The van der Waals surface area contributed by atoms with Crippen LogP contribution >= 0.6 is 0 Å². The third kappa shape index (κ3) is 4.06. The first-order chi connectivity index (χ1) is 10.2. The molecule has 0 unspecified atom stereocenters. The molecule has 0 amide bonds. The van der Waals surface area contributed by atoms with Crippen molar-refractivity contribution < 1.29 is 9.66 Å². The van der Waals surface area contributed by atoms with Gasteiger partial charge in [-0.15, -0.1) is 0 Å². The fraction of sp³-hybridized carbons (Fsp3) is 0.125. The van der Waals surface area contributed by atoms with Crippen LogP contribution in [0.1, 0.15) is 11.1 Å². The summed E-state index contributed by atoms with van der Waals surface area (Å²) in [6.45, 7) is 0.364.